The lowest BCUT2D eigenvalue weighted by Gasteiger charge is -2.55. The Morgan fingerprint density at radius 1 is 0.425 bits per heavy atom. The van der Waals surface area contributed by atoms with Crippen molar-refractivity contribution in [3.05, 3.63) is 121 Å². The number of methoxy groups -OCH3 is 1. The number of carbonyl (C=O) groups is 4. The quantitative estimate of drug-likeness (QED) is 0.0279. The van der Waals surface area contributed by atoms with E-state index < -0.39 is 52.0 Å². The van der Waals surface area contributed by atoms with E-state index in [2.05, 4.69) is 45.1 Å². The second kappa shape index (κ2) is 37.5. The van der Waals surface area contributed by atoms with Crippen molar-refractivity contribution in [2.75, 3.05) is 40.6 Å². The van der Waals surface area contributed by atoms with E-state index in [-0.39, 0.29) is 84.6 Å². The zero-order valence-corrected chi connectivity index (χ0v) is 70.4. The number of nitrogens with zero attached hydrogens (tertiary/aromatic N) is 12. The molecule has 0 spiro atoms. The molecule has 3 aromatic heterocycles. The number of fused-ring (bicyclic) bond motifs is 15. The molecule has 646 valence electrons. The molecular formula is C92H123N13O15. The summed E-state index contributed by atoms with van der Waals surface area (Å²) in [6, 6.07) is 26.7. The Kier molecular flexibility index (Phi) is 26.5. The summed E-state index contributed by atoms with van der Waals surface area (Å²) in [5.41, 5.74) is 5.58. The Hall–Kier alpha value is -8.83. The molecule has 0 radical (unpaired) electrons. The highest BCUT2D eigenvalue weighted by molar-refractivity contribution is 6.42. The number of carboxylic acid groups (broad SMARTS) is 3. The van der Waals surface area contributed by atoms with E-state index >= 15 is 0 Å². The standard InChI is InChI=1S/C31H41N5O5.C31H42N4O5.C30H40N4O5/c1-31(2,30(32)40)41-34-27(29(38)39)26-28(37)36(25-12-4-3-11-24(25)33-26)23-16-20-9-6-10-21(17-23)35(20)22-14-18-7-5-8-19(13-18)15-22;1-39-13-14-40-33-29(31(37)38)28-30(36)35(27-12-5-4-11-26(27)32-28)25-18-22-9-6-10-23(19-25)34(22)24-16-20-7-2-3-8-21(15-20)17-24;1-38-32-26(10-11-28(35)36)29-30(37)34(27-9-5-4-8-25(27)31-29)22-15-23-17-39-18-24(16-22)33(23)21-13-19-6-2-3-7-20(12-19)14-21/h3-4,11-12,18-23H,5-10,13-17H2,1-2H3,(H2,32,40)(H,38,39);4-5,11-12,20-25H,2-3,6-10,13-19H2,1H3,(H,37,38);4-5,8-9,19-24H,2-3,6-7,10-18H2,1H3,(H,35,36)/b34-27-;33-29-;32-26+/t18-,19+,20-,21+,22?,23?;20-,21+,22-,23+,24?,25?;19-,20+,21?,22?,23-,24+. The maximum atomic E-state index is 14.1. The van der Waals surface area contributed by atoms with Crippen LogP contribution in [-0.2, 0) is 43.2 Å². The van der Waals surface area contributed by atoms with E-state index in [0.29, 0.717) is 77.6 Å². The van der Waals surface area contributed by atoms with Crippen molar-refractivity contribution < 1.29 is 58.5 Å². The fourth-order valence-electron chi connectivity index (χ4n) is 24.7. The van der Waals surface area contributed by atoms with Gasteiger partial charge in [-0.25, -0.2) is 24.5 Å². The Bertz CT molecular complexity index is 4920. The van der Waals surface area contributed by atoms with E-state index in [1.54, 1.807) is 10.6 Å². The summed E-state index contributed by atoms with van der Waals surface area (Å²) in [5, 5.41) is 40.8. The number of ether oxygens (including phenoxy) is 2. The van der Waals surface area contributed by atoms with Crippen molar-refractivity contribution in [2.24, 2.45) is 56.7 Å². The van der Waals surface area contributed by atoms with Crippen LogP contribution in [0.5, 0.6) is 0 Å². The molecule has 12 fully saturated rings. The second-order valence-electron chi connectivity index (χ2n) is 37.6. The summed E-state index contributed by atoms with van der Waals surface area (Å²) in [4.78, 5) is 127. The minimum atomic E-state index is -1.56. The number of carbonyl (C=O) groups excluding carboxylic acids is 1. The van der Waals surface area contributed by atoms with Gasteiger partial charge in [-0.1, -0.05) is 135 Å². The minimum Gasteiger partial charge on any atom is -0.481 e. The van der Waals surface area contributed by atoms with Gasteiger partial charge in [0.05, 0.1) is 59.3 Å². The fraction of sp³-hybridized carbons (Fsp3) is 0.663. The molecule has 28 heteroatoms. The van der Waals surface area contributed by atoms with E-state index in [0.717, 1.165) is 97.9 Å². The molecular weight excluding hydrogens is 1530 g/mol. The van der Waals surface area contributed by atoms with Gasteiger partial charge in [-0.05, 0) is 208 Å². The van der Waals surface area contributed by atoms with Crippen LogP contribution < -0.4 is 22.4 Å². The van der Waals surface area contributed by atoms with Crippen LogP contribution >= 0.6 is 0 Å². The third-order valence-corrected chi connectivity index (χ3v) is 29.5. The zero-order valence-electron chi connectivity index (χ0n) is 70.4. The summed E-state index contributed by atoms with van der Waals surface area (Å²) < 4.78 is 16.5. The third-order valence-electron chi connectivity index (χ3n) is 29.5. The number of primary amides is 1. The smallest absolute Gasteiger partial charge is 0.360 e. The monoisotopic (exact) mass is 1650 g/mol. The second-order valence-corrected chi connectivity index (χ2v) is 37.6. The van der Waals surface area contributed by atoms with Crippen molar-refractivity contribution in [3.8, 4) is 0 Å². The molecule has 6 aromatic rings. The first-order valence-electron chi connectivity index (χ1n) is 45.1. The number of morpholine rings is 1. The maximum absolute atomic E-state index is 14.1. The van der Waals surface area contributed by atoms with Gasteiger partial charge in [0, 0.05) is 86.0 Å². The largest absolute Gasteiger partial charge is 0.481 e. The molecule has 6 unspecified atom stereocenters. The summed E-state index contributed by atoms with van der Waals surface area (Å²) in [6.45, 7) is 4.53. The molecule has 6 saturated heterocycles. The summed E-state index contributed by atoms with van der Waals surface area (Å²) in [6.07, 6.45) is 39.5. The number of para-hydroxylation sites is 6. The van der Waals surface area contributed by atoms with Gasteiger partial charge in [0.1, 0.15) is 19.4 Å². The lowest BCUT2D eigenvalue weighted by molar-refractivity contribution is -0.140. The molecule has 6 aliphatic carbocycles. The van der Waals surface area contributed by atoms with Crippen LogP contribution in [0.1, 0.15) is 267 Å². The van der Waals surface area contributed by atoms with Gasteiger partial charge in [0.2, 0.25) is 17.0 Å². The lowest BCUT2D eigenvalue weighted by Crippen LogP contribution is -2.62. The van der Waals surface area contributed by atoms with Gasteiger partial charge in [-0.2, -0.15) is 0 Å². The molecule has 5 N–H and O–H groups in total. The molecule has 18 atom stereocenters. The Balaban J connectivity index is 0.000000134. The molecule has 1 amide bonds. The highest BCUT2D eigenvalue weighted by atomic mass is 16.7. The van der Waals surface area contributed by atoms with E-state index in [4.69, 9.17) is 29.7 Å². The van der Waals surface area contributed by atoms with Crippen molar-refractivity contribution in [2.45, 2.75) is 310 Å². The average molecular weight is 1650 g/mol. The van der Waals surface area contributed by atoms with Crippen LogP contribution in [0.3, 0.4) is 0 Å². The highest BCUT2D eigenvalue weighted by Crippen LogP contribution is 2.51. The first kappa shape index (κ1) is 84.8. The normalized spacial score (nSPS) is 31.1. The van der Waals surface area contributed by atoms with Crippen LogP contribution in [0.25, 0.3) is 33.1 Å². The number of benzene rings is 3. The average Bonchev–Trinajstić information content (AvgIpc) is 0.756. The molecule has 6 saturated carbocycles. The zero-order chi connectivity index (χ0) is 83.5. The number of carboxylic acids is 3. The number of hydrogen-bond donors (Lipinski definition) is 4. The maximum Gasteiger partial charge on any atom is 0.360 e. The van der Waals surface area contributed by atoms with Crippen molar-refractivity contribution >= 4 is 74.1 Å². The van der Waals surface area contributed by atoms with Gasteiger partial charge in [-0.3, -0.25) is 38.7 Å². The van der Waals surface area contributed by atoms with Crippen molar-refractivity contribution in [1.29, 1.82) is 0 Å². The first-order valence-corrected chi connectivity index (χ1v) is 45.1. The number of hydrogen-bond acceptors (Lipinski definition) is 21. The third kappa shape index (κ3) is 18.3. The molecule has 3 aromatic carbocycles. The predicted octanol–water partition coefficient (Wildman–Crippen LogP) is 13.1. The first-order chi connectivity index (χ1) is 58.2. The molecule has 120 heavy (non-hydrogen) atoms. The summed E-state index contributed by atoms with van der Waals surface area (Å²) in [7, 11) is 2.93. The van der Waals surface area contributed by atoms with Crippen LogP contribution in [0, 0.1) is 35.5 Å². The summed E-state index contributed by atoms with van der Waals surface area (Å²) >= 11 is 0. The molecule has 9 heterocycles. The van der Waals surface area contributed by atoms with Crippen LogP contribution in [0.2, 0.25) is 0 Å². The topological polar surface area (TPSA) is 353 Å². The number of nitrogens with two attached hydrogens (primary N) is 1. The molecule has 6 aliphatic heterocycles. The number of amides is 1. The predicted molar refractivity (Wildman–Crippen MR) is 455 cm³/mol. The molecule has 18 rings (SSSR count). The molecule has 12 bridgehead atoms. The van der Waals surface area contributed by atoms with Crippen LogP contribution in [-0.4, -0.2) is 200 Å². The Morgan fingerprint density at radius 3 is 1.15 bits per heavy atom. The van der Waals surface area contributed by atoms with E-state index in [1.807, 2.05) is 75.9 Å². The minimum absolute atomic E-state index is 0.00781. The van der Waals surface area contributed by atoms with Crippen LogP contribution in [0.4, 0.5) is 0 Å². The van der Waals surface area contributed by atoms with E-state index in [9.17, 15) is 48.9 Å². The number of oxime groups is 3. The fourth-order valence-corrected chi connectivity index (χ4v) is 24.7. The number of rotatable bonds is 22. The van der Waals surface area contributed by atoms with Crippen molar-refractivity contribution in [1.82, 2.24) is 43.4 Å². The van der Waals surface area contributed by atoms with Gasteiger partial charge in [0.25, 0.3) is 22.6 Å². The Labute approximate surface area is 701 Å². The molecule has 12 aliphatic rings. The van der Waals surface area contributed by atoms with Gasteiger partial charge < -0.3 is 58.7 Å². The van der Waals surface area contributed by atoms with Crippen LogP contribution in [0.15, 0.2) is 103 Å². The molecule has 28 nitrogen and oxygen atoms in total. The SMILES string of the molecule is CC(C)(O/N=C(\C(=O)O)c1nc2ccccc2n(C2C[C@H]3CCC[C@@H](C2)N3C2C[C@H]3CCC[C@@H](C2)C3)c1=O)C(N)=O.CO/N=C(\CCC(=O)O)c1nc2ccccc2n(C2C[C@H]3COC[C@@H](C2)N3C2C[C@H]3CCCC[C@@H](C2)C3)c1=O.COCCO/N=C(\C(=O)O)c1nc2ccccc2n(C2C[C@H]3CCC[C@@H](C2)N3C2C[C@H]3CCCC[C@@H](C2)C3)c1=O. The summed E-state index contributed by atoms with van der Waals surface area (Å²) in [5.74, 6) is 0.602. The number of aromatic nitrogens is 6. The van der Waals surface area contributed by atoms with Gasteiger partial charge in [0.15, 0.2) is 17.1 Å². The Morgan fingerprint density at radius 2 is 0.775 bits per heavy atom. The number of aliphatic carboxylic acids is 3. The highest BCUT2D eigenvalue weighted by Gasteiger charge is 2.50. The van der Waals surface area contributed by atoms with Crippen molar-refractivity contribution in [3.63, 3.8) is 0 Å². The van der Waals surface area contributed by atoms with Gasteiger partial charge >= 0.3 is 17.9 Å². The number of piperidine rings is 5. The van der Waals surface area contributed by atoms with E-state index in [1.165, 1.54) is 182 Å². The lowest BCUT2D eigenvalue weighted by atomic mass is 9.68. The van der Waals surface area contributed by atoms with Gasteiger partial charge in [-0.15, -0.1) is 0 Å².